The Kier molecular flexibility index (Phi) is 6.82. The average molecular weight is 690 g/mol. The molecule has 3 heterocycles. The average Bonchev–Trinajstić information content (AvgIpc) is 3.77. The summed E-state index contributed by atoms with van der Waals surface area (Å²) in [5.74, 6) is 0.632. The van der Waals surface area contributed by atoms with Crippen molar-refractivity contribution < 1.29 is 4.42 Å². The molecule has 11 aromatic rings. The molecule has 0 aliphatic rings. The lowest BCUT2D eigenvalue weighted by Crippen LogP contribution is -1.95. The van der Waals surface area contributed by atoms with Crippen LogP contribution in [0, 0.1) is 0 Å². The van der Waals surface area contributed by atoms with E-state index >= 15 is 0 Å². The molecule has 0 aliphatic carbocycles. The zero-order valence-electron chi connectivity index (χ0n) is 29.1. The van der Waals surface area contributed by atoms with Gasteiger partial charge in [-0.1, -0.05) is 140 Å². The van der Waals surface area contributed by atoms with Crippen LogP contribution >= 0.6 is 0 Å². The first-order valence-corrected chi connectivity index (χ1v) is 18.2. The molecule has 0 spiro atoms. The van der Waals surface area contributed by atoms with Crippen LogP contribution in [0.3, 0.4) is 0 Å². The van der Waals surface area contributed by atoms with E-state index in [9.17, 15) is 0 Å². The normalized spacial score (nSPS) is 11.7. The molecule has 8 aromatic carbocycles. The van der Waals surface area contributed by atoms with Crippen molar-refractivity contribution in [3.8, 4) is 50.6 Å². The SMILES string of the molecule is c1ccc(-c2ccccc2-c2nc(-c3ccccc3)c3c(n2)oc2ccc(-c4ccc5c(c4)c4cc6ccccc6cc4n5-c4ccccc4)cc23)cc1. The second kappa shape index (κ2) is 12.1. The predicted octanol–water partition coefficient (Wildman–Crippen LogP) is 13.3. The molecule has 0 N–H and O–H groups in total. The van der Waals surface area contributed by atoms with Gasteiger partial charge in [-0.05, 0) is 81.6 Å². The molecule has 4 heteroatoms. The summed E-state index contributed by atoms with van der Waals surface area (Å²) in [4.78, 5) is 10.4. The monoisotopic (exact) mass is 689 g/mol. The number of rotatable bonds is 5. The van der Waals surface area contributed by atoms with Gasteiger partial charge in [-0.15, -0.1) is 0 Å². The second-order valence-corrected chi connectivity index (χ2v) is 13.8. The van der Waals surface area contributed by atoms with Gasteiger partial charge in [0.2, 0.25) is 5.71 Å². The number of hydrogen-bond donors (Lipinski definition) is 0. The van der Waals surface area contributed by atoms with E-state index in [1.807, 2.05) is 18.2 Å². The molecular formula is C50H31N3O. The van der Waals surface area contributed by atoms with E-state index in [0.29, 0.717) is 11.5 Å². The quantitative estimate of drug-likeness (QED) is 0.181. The van der Waals surface area contributed by atoms with Crippen LogP contribution in [0.25, 0.3) is 105 Å². The molecule has 3 aromatic heterocycles. The van der Waals surface area contributed by atoms with E-state index in [4.69, 9.17) is 14.4 Å². The van der Waals surface area contributed by atoms with Crippen LogP contribution in [0.5, 0.6) is 0 Å². The first-order chi connectivity index (χ1) is 26.8. The van der Waals surface area contributed by atoms with Crippen molar-refractivity contribution in [1.82, 2.24) is 14.5 Å². The Morgan fingerprint density at radius 3 is 1.76 bits per heavy atom. The highest BCUT2D eigenvalue weighted by Gasteiger charge is 2.21. The fraction of sp³-hybridized carbons (Fsp3) is 0. The lowest BCUT2D eigenvalue weighted by molar-refractivity contribution is 0.653. The second-order valence-electron chi connectivity index (χ2n) is 13.8. The third kappa shape index (κ3) is 4.85. The van der Waals surface area contributed by atoms with Gasteiger partial charge in [0.15, 0.2) is 5.82 Å². The summed E-state index contributed by atoms with van der Waals surface area (Å²) in [5.41, 5.74) is 12.1. The fourth-order valence-corrected chi connectivity index (χ4v) is 8.07. The van der Waals surface area contributed by atoms with E-state index in [2.05, 4.69) is 174 Å². The zero-order chi connectivity index (χ0) is 35.6. The predicted molar refractivity (Wildman–Crippen MR) is 223 cm³/mol. The summed E-state index contributed by atoms with van der Waals surface area (Å²) in [6.45, 7) is 0. The highest BCUT2D eigenvalue weighted by atomic mass is 16.3. The summed E-state index contributed by atoms with van der Waals surface area (Å²) in [7, 11) is 0. The van der Waals surface area contributed by atoms with Gasteiger partial charge in [-0.25, -0.2) is 4.98 Å². The third-order valence-electron chi connectivity index (χ3n) is 10.6. The minimum atomic E-state index is 0.571. The van der Waals surface area contributed by atoms with Gasteiger partial charge in [-0.3, -0.25) is 0 Å². The highest BCUT2D eigenvalue weighted by molar-refractivity contribution is 6.15. The van der Waals surface area contributed by atoms with Gasteiger partial charge in [-0.2, -0.15) is 4.98 Å². The van der Waals surface area contributed by atoms with Gasteiger partial charge in [0.1, 0.15) is 5.58 Å². The van der Waals surface area contributed by atoms with Crippen molar-refractivity contribution >= 4 is 54.6 Å². The zero-order valence-corrected chi connectivity index (χ0v) is 29.1. The van der Waals surface area contributed by atoms with Gasteiger partial charge >= 0.3 is 0 Å². The Morgan fingerprint density at radius 2 is 1.00 bits per heavy atom. The maximum Gasteiger partial charge on any atom is 0.231 e. The molecule has 0 bridgehead atoms. The molecule has 0 saturated heterocycles. The van der Waals surface area contributed by atoms with Crippen molar-refractivity contribution in [2.75, 3.05) is 0 Å². The van der Waals surface area contributed by atoms with Gasteiger partial charge in [0, 0.05) is 33.0 Å². The van der Waals surface area contributed by atoms with Crippen molar-refractivity contribution in [3.05, 3.63) is 188 Å². The Morgan fingerprint density at radius 1 is 0.407 bits per heavy atom. The molecule has 0 unspecified atom stereocenters. The lowest BCUT2D eigenvalue weighted by atomic mass is 9.98. The number of furan rings is 1. The molecule has 54 heavy (non-hydrogen) atoms. The molecule has 0 radical (unpaired) electrons. The van der Waals surface area contributed by atoms with Gasteiger partial charge in [0.25, 0.3) is 0 Å². The number of nitrogens with zero attached hydrogens (tertiary/aromatic N) is 3. The molecule has 252 valence electrons. The molecule has 0 atom stereocenters. The van der Waals surface area contributed by atoms with E-state index in [1.54, 1.807) is 0 Å². The fourth-order valence-electron chi connectivity index (χ4n) is 8.07. The third-order valence-corrected chi connectivity index (χ3v) is 10.6. The van der Waals surface area contributed by atoms with Crippen LogP contribution in [0.2, 0.25) is 0 Å². The first kappa shape index (κ1) is 30.3. The van der Waals surface area contributed by atoms with Crippen LogP contribution in [-0.4, -0.2) is 14.5 Å². The van der Waals surface area contributed by atoms with Crippen LogP contribution < -0.4 is 0 Å². The summed E-state index contributed by atoms with van der Waals surface area (Å²) >= 11 is 0. The van der Waals surface area contributed by atoms with Gasteiger partial charge in [0.05, 0.1) is 22.1 Å². The molecular weight excluding hydrogens is 659 g/mol. The summed E-state index contributed by atoms with van der Waals surface area (Å²) in [6.07, 6.45) is 0. The van der Waals surface area contributed by atoms with Crippen molar-refractivity contribution in [1.29, 1.82) is 0 Å². The van der Waals surface area contributed by atoms with Crippen LogP contribution in [0.4, 0.5) is 0 Å². The molecule has 4 nitrogen and oxygen atoms in total. The number of fused-ring (bicyclic) bond motifs is 7. The standard InChI is InChI=1S/C50H31N3O/c1-4-14-32(15-5-1)39-22-12-13-23-40(39)49-51-48(33-16-6-2-7-17-33)47-43-30-37(25-27-46(43)54-50(47)52-49)36-24-26-44-41(29-36)42-28-34-18-10-11-19-35(34)31-45(42)53(44)38-20-8-3-9-21-38/h1-31H. The summed E-state index contributed by atoms with van der Waals surface area (Å²) in [6, 6.07) is 66.3. The molecule has 0 amide bonds. The van der Waals surface area contributed by atoms with E-state index in [1.165, 1.54) is 32.6 Å². The molecule has 0 saturated carbocycles. The Bertz CT molecular complexity index is 3200. The minimum absolute atomic E-state index is 0.571. The smallest absolute Gasteiger partial charge is 0.231 e. The van der Waals surface area contributed by atoms with E-state index < -0.39 is 0 Å². The number of hydrogen-bond acceptors (Lipinski definition) is 3. The Hall–Kier alpha value is -7.30. The van der Waals surface area contributed by atoms with E-state index in [-0.39, 0.29) is 0 Å². The molecule has 11 rings (SSSR count). The minimum Gasteiger partial charge on any atom is -0.438 e. The maximum atomic E-state index is 6.58. The summed E-state index contributed by atoms with van der Waals surface area (Å²) in [5, 5.41) is 6.80. The van der Waals surface area contributed by atoms with Crippen molar-refractivity contribution in [3.63, 3.8) is 0 Å². The van der Waals surface area contributed by atoms with Crippen LogP contribution in [0.15, 0.2) is 192 Å². The number of benzene rings is 8. The lowest BCUT2D eigenvalue weighted by Gasteiger charge is -2.11. The molecule has 0 aliphatic heterocycles. The number of aromatic nitrogens is 3. The van der Waals surface area contributed by atoms with Crippen LogP contribution in [-0.2, 0) is 0 Å². The molecule has 0 fully saturated rings. The Labute approximate surface area is 311 Å². The van der Waals surface area contributed by atoms with Crippen molar-refractivity contribution in [2.24, 2.45) is 0 Å². The largest absolute Gasteiger partial charge is 0.438 e. The topological polar surface area (TPSA) is 43.9 Å². The summed E-state index contributed by atoms with van der Waals surface area (Å²) < 4.78 is 8.96. The van der Waals surface area contributed by atoms with Crippen molar-refractivity contribution in [2.45, 2.75) is 0 Å². The van der Waals surface area contributed by atoms with E-state index in [0.717, 1.165) is 61.1 Å². The number of para-hydroxylation sites is 1. The Balaban J connectivity index is 1.12. The highest BCUT2D eigenvalue weighted by Crippen LogP contribution is 2.41. The van der Waals surface area contributed by atoms with Gasteiger partial charge < -0.3 is 8.98 Å². The van der Waals surface area contributed by atoms with Crippen LogP contribution in [0.1, 0.15) is 0 Å². The first-order valence-electron chi connectivity index (χ1n) is 18.2. The maximum absolute atomic E-state index is 6.58.